The average Bonchev–Trinajstić information content (AvgIpc) is 1.99. The molecule has 0 aromatic carbocycles. The highest BCUT2D eigenvalue weighted by molar-refractivity contribution is 4.91. The van der Waals surface area contributed by atoms with E-state index in [1.165, 1.54) is 0 Å². The second kappa shape index (κ2) is 5.15. The minimum atomic E-state index is 0.0972. The zero-order valence-corrected chi connectivity index (χ0v) is 7.96. The lowest BCUT2D eigenvalue weighted by Gasteiger charge is -2.28. The molecule has 0 radical (unpaired) electrons. The first kappa shape index (κ1) is 10.4. The van der Waals surface area contributed by atoms with Gasteiger partial charge in [-0.15, -0.1) is 0 Å². The van der Waals surface area contributed by atoms with Crippen molar-refractivity contribution in [2.45, 2.75) is 46.2 Å². The molecule has 2 heteroatoms. The molecule has 0 N–H and O–H groups in total. The minimum Gasteiger partial charge on any atom is -0.286 e. The zero-order chi connectivity index (χ0) is 8.85. The molecule has 0 aliphatic carbocycles. The highest BCUT2D eigenvalue weighted by atomic mass is 15.2. The van der Waals surface area contributed by atoms with Crippen LogP contribution in [-0.4, -0.2) is 23.5 Å². The number of rotatable bonds is 4. The zero-order valence-electron chi connectivity index (χ0n) is 7.96. The van der Waals surface area contributed by atoms with Gasteiger partial charge in [-0.1, -0.05) is 13.8 Å². The van der Waals surface area contributed by atoms with Crippen molar-refractivity contribution >= 4 is 0 Å². The van der Waals surface area contributed by atoms with E-state index < -0.39 is 0 Å². The quantitative estimate of drug-likeness (QED) is 0.619. The van der Waals surface area contributed by atoms with Crippen LogP contribution in [0.4, 0.5) is 0 Å². The first-order chi connectivity index (χ1) is 5.17. The molecular formula is C9H18N2. The molecule has 0 spiro atoms. The Balaban J connectivity index is 4.12. The maximum absolute atomic E-state index is 8.78. The lowest BCUT2D eigenvalue weighted by atomic mass is 10.1. The Morgan fingerprint density at radius 1 is 1.36 bits per heavy atom. The fourth-order valence-electron chi connectivity index (χ4n) is 1.35. The van der Waals surface area contributed by atoms with Crippen molar-refractivity contribution in [1.29, 1.82) is 5.26 Å². The molecule has 0 aromatic heterocycles. The van der Waals surface area contributed by atoms with Gasteiger partial charge in [-0.2, -0.15) is 5.26 Å². The van der Waals surface area contributed by atoms with E-state index >= 15 is 0 Å². The van der Waals surface area contributed by atoms with Crippen molar-refractivity contribution in [3.05, 3.63) is 0 Å². The standard InChI is InChI=1S/C9H18N2/c1-5-9(7-10)11(6-2)8(3)4/h8-9H,5-6H2,1-4H3. The summed E-state index contributed by atoms with van der Waals surface area (Å²) in [4.78, 5) is 2.21. The van der Waals surface area contributed by atoms with Crippen molar-refractivity contribution in [3.8, 4) is 6.07 Å². The van der Waals surface area contributed by atoms with Gasteiger partial charge in [0.2, 0.25) is 0 Å². The van der Waals surface area contributed by atoms with Crippen LogP contribution in [0, 0.1) is 11.3 Å². The Hall–Kier alpha value is -0.550. The van der Waals surface area contributed by atoms with Gasteiger partial charge in [-0.3, -0.25) is 4.90 Å². The number of nitrogens with zero attached hydrogens (tertiary/aromatic N) is 2. The van der Waals surface area contributed by atoms with Crippen LogP contribution in [0.2, 0.25) is 0 Å². The fourth-order valence-corrected chi connectivity index (χ4v) is 1.35. The van der Waals surface area contributed by atoms with Gasteiger partial charge in [-0.25, -0.2) is 0 Å². The molecule has 0 heterocycles. The van der Waals surface area contributed by atoms with E-state index in [9.17, 15) is 0 Å². The van der Waals surface area contributed by atoms with Gasteiger partial charge in [0, 0.05) is 6.04 Å². The summed E-state index contributed by atoms with van der Waals surface area (Å²) in [5.41, 5.74) is 0. The first-order valence-corrected chi connectivity index (χ1v) is 4.32. The molecule has 64 valence electrons. The number of nitriles is 1. The van der Waals surface area contributed by atoms with E-state index in [0.717, 1.165) is 13.0 Å². The van der Waals surface area contributed by atoms with Crippen LogP contribution in [-0.2, 0) is 0 Å². The second-order valence-corrected chi connectivity index (χ2v) is 2.98. The summed E-state index contributed by atoms with van der Waals surface area (Å²) in [6, 6.07) is 2.88. The molecule has 1 unspecified atom stereocenters. The summed E-state index contributed by atoms with van der Waals surface area (Å²) < 4.78 is 0. The Labute approximate surface area is 69.8 Å². The molecule has 0 saturated carbocycles. The van der Waals surface area contributed by atoms with E-state index in [1.807, 2.05) is 0 Å². The van der Waals surface area contributed by atoms with E-state index in [2.05, 4.69) is 38.7 Å². The summed E-state index contributed by atoms with van der Waals surface area (Å²) in [6.45, 7) is 9.37. The van der Waals surface area contributed by atoms with Gasteiger partial charge in [0.05, 0.1) is 12.1 Å². The van der Waals surface area contributed by atoms with Gasteiger partial charge in [0.1, 0.15) is 0 Å². The Morgan fingerprint density at radius 2 is 1.91 bits per heavy atom. The largest absolute Gasteiger partial charge is 0.286 e. The summed E-state index contributed by atoms with van der Waals surface area (Å²) in [7, 11) is 0. The monoisotopic (exact) mass is 154 g/mol. The molecule has 0 aliphatic rings. The normalized spacial score (nSPS) is 13.5. The van der Waals surface area contributed by atoms with Crippen LogP contribution in [0.1, 0.15) is 34.1 Å². The van der Waals surface area contributed by atoms with E-state index in [1.54, 1.807) is 0 Å². The molecule has 0 amide bonds. The molecule has 2 nitrogen and oxygen atoms in total. The SMILES string of the molecule is CCC(C#N)N(CC)C(C)C. The van der Waals surface area contributed by atoms with E-state index in [-0.39, 0.29) is 6.04 Å². The third-order valence-corrected chi connectivity index (χ3v) is 1.96. The van der Waals surface area contributed by atoms with E-state index in [4.69, 9.17) is 5.26 Å². The van der Waals surface area contributed by atoms with Crippen LogP contribution >= 0.6 is 0 Å². The second-order valence-electron chi connectivity index (χ2n) is 2.98. The smallest absolute Gasteiger partial charge is 0.0977 e. The highest BCUT2D eigenvalue weighted by Crippen LogP contribution is 2.06. The Kier molecular flexibility index (Phi) is 4.89. The molecule has 0 aromatic rings. The van der Waals surface area contributed by atoms with Crippen LogP contribution in [0.5, 0.6) is 0 Å². The fraction of sp³-hybridized carbons (Fsp3) is 0.889. The molecule has 0 aliphatic heterocycles. The van der Waals surface area contributed by atoms with Gasteiger partial charge >= 0.3 is 0 Å². The minimum absolute atomic E-state index is 0.0972. The summed E-state index contributed by atoms with van der Waals surface area (Å²) in [6.07, 6.45) is 0.919. The van der Waals surface area contributed by atoms with Crippen molar-refractivity contribution in [2.24, 2.45) is 0 Å². The van der Waals surface area contributed by atoms with Crippen LogP contribution in [0.25, 0.3) is 0 Å². The van der Waals surface area contributed by atoms with E-state index in [0.29, 0.717) is 6.04 Å². The molecule has 1 atom stereocenters. The van der Waals surface area contributed by atoms with Crippen LogP contribution in [0.15, 0.2) is 0 Å². The van der Waals surface area contributed by atoms with Gasteiger partial charge in [-0.05, 0) is 26.8 Å². The molecule has 0 saturated heterocycles. The lowest BCUT2D eigenvalue weighted by Crippen LogP contribution is -2.38. The van der Waals surface area contributed by atoms with Crippen molar-refractivity contribution < 1.29 is 0 Å². The molecule has 11 heavy (non-hydrogen) atoms. The summed E-state index contributed by atoms with van der Waals surface area (Å²) in [5, 5.41) is 8.78. The highest BCUT2D eigenvalue weighted by Gasteiger charge is 2.16. The lowest BCUT2D eigenvalue weighted by molar-refractivity contribution is 0.192. The molecule has 0 bridgehead atoms. The van der Waals surface area contributed by atoms with Crippen LogP contribution < -0.4 is 0 Å². The van der Waals surface area contributed by atoms with Gasteiger partial charge < -0.3 is 0 Å². The molecule has 0 rings (SSSR count). The van der Waals surface area contributed by atoms with Gasteiger partial charge in [0.25, 0.3) is 0 Å². The van der Waals surface area contributed by atoms with Crippen molar-refractivity contribution in [3.63, 3.8) is 0 Å². The molecule has 0 fully saturated rings. The first-order valence-electron chi connectivity index (χ1n) is 4.32. The molecular weight excluding hydrogens is 136 g/mol. The maximum Gasteiger partial charge on any atom is 0.0977 e. The summed E-state index contributed by atoms with van der Waals surface area (Å²) in [5.74, 6) is 0. The third-order valence-electron chi connectivity index (χ3n) is 1.96. The predicted octanol–water partition coefficient (Wildman–Crippen LogP) is 2.02. The number of hydrogen-bond donors (Lipinski definition) is 0. The van der Waals surface area contributed by atoms with Crippen molar-refractivity contribution in [1.82, 2.24) is 4.90 Å². The van der Waals surface area contributed by atoms with Crippen LogP contribution in [0.3, 0.4) is 0 Å². The van der Waals surface area contributed by atoms with Crippen molar-refractivity contribution in [2.75, 3.05) is 6.54 Å². The maximum atomic E-state index is 8.78. The Morgan fingerprint density at radius 3 is 2.00 bits per heavy atom. The third kappa shape index (κ3) is 2.90. The number of hydrogen-bond acceptors (Lipinski definition) is 2. The average molecular weight is 154 g/mol. The summed E-state index contributed by atoms with van der Waals surface area (Å²) >= 11 is 0. The topological polar surface area (TPSA) is 27.0 Å². The van der Waals surface area contributed by atoms with Gasteiger partial charge in [0.15, 0.2) is 0 Å². The Bertz CT molecular complexity index is 135. The predicted molar refractivity (Wildman–Crippen MR) is 47.2 cm³/mol.